The number of hydrogen-bond donors (Lipinski definition) is 2. The van der Waals surface area contributed by atoms with Crippen LogP contribution in [0.25, 0.3) is 0 Å². The van der Waals surface area contributed by atoms with Crippen molar-refractivity contribution in [2.75, 3.05) is 7.05 Å². The lowest BCUT2D eigenvalue weighted by Gasteiger charge is -2.17. The third-order valence-electron chi connectivity index (χ3n) is 3.49. The van der Waals surface area contributed by atoms with E-state index in [2.05, 4.69) is 10.0 Å². The van der Waals surface area contributed by atoms with E-state index in [1.165, 1.54) is 37.4 Å². The van der Waals surface area contributed by atoms with Crippen molar-refractivity contribution in [1.29, 1.82) is 0 Å². The van der Waals surface area contributed by atoms with Crippen LogP contribution < -0.4 is 14.8 Å². The molecule has 0 radical (unpaired) electrons. The lowest BCUT2D eigenvalue weighted by Crippen LogP contribution is -2.40. The standard InChI is InChI=1S/C17H14Cl3N3O5S/c1-21-15(24)8-12(22-29-14-5-3-2-4-13(14)23(26)27)17(25)28-16-10(19)6-9(18)7-11(16)20/h2-7,12,22H,8H2,1H3,(H,21,24). The highest BCUT2D eigenvalue weighted by Gasteiger charge is 2.26. The Labute approximate surface area is 185 Å². The maximum Gasteiger partial charge on any atom is 0.330 e. The highest BCUT2D eigenvalue weighted by molar-refractivity contribution is 7.97. The second kappa shape index (κ2) is 10.7. The Morgan fingerprint density at radius 3 is 2.41 bits per heavy atom. The van der Waals surface area contributed by atoms with Gasteiger partial charge in [0.2, 0.25) is 5.91 Å². The summed E-state index contributed by atoms with van der Waals surface area (Å²) in [6.07, 6.45) is -0.286. The lowest BCUT2D eigenvalue weighted by molar-refractivity contribution is -0.387. The van der Waals surface area contributed by atoms with Crippen LogP contribution in [-0.4, -0.2) is 29.9 Å². The van der Waals surface area contributed by atoms with Gasteiger partial charge in [-0.25, -0.2) is 9.52 Å². The number of nitro groups is 1. The number of nitrogens with one attached hydrogen (secondary N) is 2. The van der Waals surface area contributed by atoms with Crippen molar-refractivity contribution in [3.8, 4) is 5.75 Å². The molecule has 0 aromatic heterocycles. The summed E-state index contributed by atoms with van der Waals surface area (Å²) < 4.78 is 7.98. The Bertz CT molecular complexity index is 921. The van der Waals surface area contributed by atoms with E-state index < -0.39 is 22.8 Å². The molecule has 0 aliphatic heterocycles. The molecule has 0 bridgehead atoms. The predicted octanol–water partition coefficient (Wildman–Crippen LogP) is 4.26. The molecule has 0 fully saturated rings. The van der Waals surface area contributed by atoms with Crippen LogP contribution in [0, 0.1) is 10.1 Å². The summed E-state index contributed by atoms with van der Waals surface area (Å²) in [6.45, 7) is 0. The van der Waals surface area contributed by atoms with Gasteiger partial charge < -0.3 is 10.1 Å². The minimum Gasteiger partial charge on any atom is -0.422 e. The number of halogens is 3. The van der Waals surface area contributed by atoms with Crippen LogP contribution in [0.15, 0.2) is 41.3 Å². The van der Waals surface area contributed by atoms with E-state index in [9.17, 15) is 19.7 Å². The van der Waals surface area contributed by atoms with Crippen LogP contribution in [0.2, 0.25) is 15.1 Å². The monoisotopic (exact) mass is 477 g/mol. The van der Waals surface area contributed by atoms with Gasteiger partial charge in [-0.15, -0.1) is 0 Å². The molecular weight excluding hydrogens is 465 g/mol. The van der Waals surface area contributed by atoms with Crippen molar-refractivity contribution in [3.63, 3.8) is 0 Å². The number of ether oxygens (including phenoxy) is 1. The number of hydrogen-bond acceptors (Lipinski definition) is 7. The molecule has 0 heterocycles. The highest BCUT2D eigenvalue weighted by Crippen LogP contribution is 2.36. The molecule has 12 heteroatoms. The number of carbonyl (C=O) groups excluding carboxylic acids is 2. The predicted molar refractivity (Wildman–Crippen MR) is 112 cm³/mol. The fourth-order valence-corrected chi connectivity index (χ4v) is 3.82. The molecule has 0 aliphatic carbocycles. The molecule has 1 unspecified atom stereocenters. The summed E-state index contributed by atoms with van der Waals surface area (Å²) in [5.41, 5.74) is -0.152. The van der Waals surface area contributed by atoms with E-state index in [4.69, 9.17) is 39.5 Å². The Morgan fingerprint density at radius 1 is 1.21 bits per heavy atom. The first-order chi connectivity index (χ1) is 13.7. The van der Waals surface area contributed by atoms with Crippen molar-refractivity contribution >= 4 is 64.3 Å². The van der Waals surface area contributed by atoms with Crippen LogP contribution in [-0.2, 0) is 9.59 Å². The highest BCUT2D eigenvalue weighted by atomic mass is 35.5. The summed E-state index contributed by atoms with van der Waals surface area (Å²) in [5.74, 6) is -1.41. The van der Waals surface area contributed by atoms with Crippen molar-refractivity contribution in [3.05, 3.63) is 61.6 Å². The zero-order valence-corrected chi connectivity index (χ0v) is 17.9. The Hall–Kier alpha value is -2.04. The number of nitro benzene ring substituents is 1. The summed E-state index contributed by atoms with van der Waals surface area (Å²) in [4.78, 5) is 35.3. The number of benzene rings is 2. The molecule has 154 valence electrons. The van der Waals surface area contributed by atoms with Crippen LogP contribution in [0.4, 0.5) is 5.69 Å². The van der Waals surface area contributed by atoms with E-state index in [0.717, 1.165) is 11.9 Å². The molecular formula is C17H14Cl3N3O5S. The zero-order chi connectivity index (χ0) is 21.6. The minimum atomic E-state index is -1.15. The summed E-state index contributed by atoms with van der Waals surface area (Å²) >= 11 is 18.7. The van der Waals surface area contributed by atoms with Gasteiger partial charge in [0.1, 0.15) is 10.9 Å². The molecule has 0 saturated heterocycles. The number of nitrogens with zero attached hydrogens (tertiary/aromatic N) is 1. The molecule has 0 aliphatic rings. The van der Waals surface area contributed by atoms with E-state index in [1.807, 2.05) is 0 Å². The fourth-order valence-electron chi connectivity index (χ4n) is 2.09. The molecule has 2 aromatic carbocycles. The molecule has 29 heavy (non-hydrogen) atoms. The summed E-state index contributed by atoms with van der Waals surface area (Å²) in [5, 5.41) is 13.8. The van der Waals surface area contributed by atoms with Crippen molar-refractivity contribution in [2.24, 2.45) is 0 Å². The number of esters is 1. The van der Waals surface area contributed by atoms with Gasteiger partial charge in [0.05, 0.1) is 21.4 Å². The number of amides is 1. The second-order valence-corrected chi connectivity index (χ2v) is 7.62. The topological polar surface area (TPSA) is 111 Å². The van der Waals surface area contributed by atoms with Gasteiger partial charge in [-0.2, -0.15) is 0 Å². The minimum absolute atomic E-state index is 0.0147. The smallest absolute Gasteiger partial charge is 0.330 e. The van der Waals surface area contributed by atoms with Crippen LogP contribution in [0.1, 0.15) is 6.42 Å². The second-order valence-electron chi connectivity index (χ2n) is 5.49. The van der Waals surface area contributed by atoms with E-state index >= 15 is 0 Å². The van der Waals surface area contributed by atoms with Crippen molar-refractivity contribution in [2.45, 2.75) is 17.4 Å². The first-order valence-electron chi connectivity index (χ1n) is 7.95. The van der Waals surface area contributed by atoms with Crippen molar-refractivity contribution in [1.82, 2.24) is 10.0 Å². The van der Waals surface area contributed by atoms with Gasteiger partial charge in [-0.1, -0.05) is 46.9 Å². The zero-order valence-electron chi connectivity index (χ0n) is 14.8. The largest absolute Gasteiger partial charge is 0.422 e. The Morgan fingerprint density at radius 2 is 1.83 bits per heavy atom. The molecule has 8 nitrogen and oxygen atoms in total. The normalized spacial score (nSPS) is 11.6. The molecule has 0 spiro atoms. The third-order valence-corrected chi connectivity index (χ3v) is 5.24. The first-order valence-corrected chi connectivity index (χ1v) is 9.90. The first kappa shape index (κ1) is 23.2. The maximum atomic E-state index is 12.6. The fraction of sp³-hybridized carbons (Fsp3) is 0.176. The molecule has 1 amide bonds. The average molecular weight is 479 g/mol. The molecule has 2 rings (SSSR count). The van der Waals surface area contributed by atoms with E-state index in [1.54, 1.807) is 6.07 Å². The van der Waals surface area contributed by atoms with Crippen LogP contribution in [0.3, 0.4) is 0 Å². The van der Waals surface area contributed by atoms with Gasteiger partial charge in [0, 0.05) is 18.1 Å². The molecule has 2 N–H and O–H groups in total. The van der Waals surface area contributed by atoms with Gasteiger partial charge >= 0.3 is 5.97 Å². The van der Waals surface area contributed by atoms with E-state index in [0.29, 0.717) is 0 Å². The maximum absolute atomic E-state index is 12.6. The molecule has 1 atom stereocenters. The van der Waals surface area contributed by atoms with Gasteiger partial charge in [-0.3, -0.25) is 14.9 Å². The van der Waals surface area contributed by atoms with Gasteiger partial charge in [0.15, 0.2) is 5.75 Å². The number of carbonyl (C=O) groups is 2. The van der Waals surface area contributed by atoms with Crippen molar-refractivity contribution < 1.29 is 19.2 Å². The number of rotatable bonds is 8. The average Bonchev–Trinajstić information content (AvgIpc) is 2.67. The van der Waals surface area contributed by atoms with E-state index in [-0.39, 0.29) is 37.8 Å². The quantitative estimate of drug-likeness (QED) is 0.192. The third kappa shape index (κ3) is 6.48. The Balaban J connectivity index is 2.21. The molecule has 0 saturated carbocycles. The van der Waals surface area contributed by atoms with Crippen LogP contribution in [0.5, 0.6) is 5.75 Å². The van der Waals surface area contributed by atoms with Gasteiger partial charge in [0.25, 0.3) is 5.69 Å². The number of para-hydroxylation sites is 1. The summed E-state index contributed by atoms with van der Waals surface area (Å²) in [7, 11) is 1.41. The van der Waals surface area contributed by atoms with Crippen LogP contribution >= 0.6 is 46.8 Å². The Kier molecular flexibility index (Phi) is 8.54. The van der Waals surface area contributed by atoms with Gasteiger partial charge in [-0.05, 0) is 30.1 Å². The molecule has 2 aromatic rings. The lowest BCUT2D eigenvalue weighted by atomic mass is 10.2. The SMILES string of the molecule is CNC(=O)CC(NSc1ccccc1[N+](=O)[O-])C(=O)Oc1c(Cl)cc(Cl)cc1Cl. The summed E-state index contributed by atoms with van der Waals surface area (Å²) in [6, 6.07) is 7.50.